The van der Waals surface area contributed by atoms with Crippen molar-refractivity contribution in [2.24, 2.45) is 0 Å². The Balaban J connectivity index is 1.82. The highest BCUT2D eigenvalue weighted by Crippen LogP contribution is 2.34. The molecule has 1 N–H and O–H groups in total. The van der Waals surface area contributed by atoms with Crippen LogP contribution in [0.3, 0.4) is 0 Å². The summed E-state index contributed by atoms with van der Waals surface area (Å²) in [7, 11) is 0. The van der Waals surface area contributed by atoms with Crippen molar-refractivity contribution < 1.29 is 14.6 Å². The van der Waals surface area contributed by atoms with Crippen molar-refractivity contribution in [2.75, 3.05) is 19.7 Å². The molecule has 1 unspecified atom stereocenters. The van der Waals surface area contributed by atoms with E-state index in [2.05, 4.69) is 4.90 Å². The number of nitrogens with zero attached hydrogens (tertiary/aromatic N) is 1. The number of esters is 1. The molecule has 0 spiro atoms. The van der Waals surface area contributed by atoms with Gasteiger partial charge in [0.15, 0.2) is 0 Å². The lowest BCUT2D eigenvalue weighted by atomic mass is 9.99. The Morgan fingerprint density at radius 1 is 1.60 bits per heavy atom. The van der Waals surface area contributed by atoms with E-state index in [1.54, 1.807) is 6.92 Å². The molecule has 0 radical (unpaired) electrons. The van der Waals surface area contributed by atoms with E-state index in [0.29, 0.717) is 25.6 Å². The van der Waals surface area contributed by atoms with Crippen molar-refractivity contribution in [2.45, 2.75) is 44.2 Å². The predicted molar refractivity (Wildman–Crippen MR) is 55.4 cm³/mol. The fraction of sp³-hybridized carbons (Fsp3) is 0.909. The zero-order valence-corrected chi connectivity index (χ0v) is 9.24. The van der Waals surface area contributed by atoms with Crippen LogP contribution in [0, 0.1) is 0 Å². The summed E-state index contributed by atoms with van der Waals surface area (Å²) < 4.78 is 4.86. The molecule has 0 bridgehead atoms. The first-order valence-electron chi connectivity index (χ1n) is 5.75. The highest BCUT2D eigenvalue weighted by atomic mass is 16.5. The van der Waals surface area contributed by atoms with Crippen LogP contribution in [-0.2, 0) is 9.53 Å². The molecule has 1 heterocycles. The van der Waals surface area contributed by atoms with Gasteiger partial charge in [0, 0.05) is 19.1 Å². The van der Waals surface area contributed by atoms with E-state index in [9.17, 15) is 9.90 Å². The molecule has 2 aliphatic rings. The van der Waals surface area contributed by atoms with Gasteiger partial charge in [0.05, 0.1) is 18.6 Å². The molecule has 15 heavy (non-hydrogen) atoms. The van der Waals surface area contributed by atoms with Gasteiger partial charge in [0.1, 0.15) is 0 Å². The monoisotopic (exact) mass is 213 g/mol. The molecule has 1 aliphatic heterocycles. The van der Waals surface area contributed by atoms with Crippen LogP contribution in [0.15, 0.2) is 0 Å². The molecule has 0 aromatic carbocycles. The number of aliphatic hydroxyl groups is 1. The fourth-order valence-electron chi connectivity index (χ4n) is 2.26. The van der Waals surface area contributed by atoms with Crippen LogP contribution in [-0.4, -0.2) is 47.3 Å². The molecule has 1 aliphatic carbocycles. The summed E-state index contributed by atoms with van der Waals surface area (Å²) in [6, 6.07) is 0.668. The SMILES string of the molecule is CCOC(=O)CC1(O)CCN(C2CC2)C1. The van der Waals surface area contributed by atoms with Gasteiger partial charge in [0.25, 0.3) is 0 Å². The fourth-order valence-corrected chi connectivity index (χ4v) is 2.26. The van der Waals surface area contributed by atoms with Crippen LogP contribution in [0.25, 0.3) is 0 Å². The Bertz CT molecular complexity index is 252. The van der Waals surface area contributed by atoms with Crippen molar-refractivity contribution in [1.82, 2.24) is 4.90 Å². The lowest BCUT2D eigenvalue weighted by Gasteiger charge is -2.22. The Labute approximate surface area is 90.2 Å². The van der Waals surface area contributed by atoms with E-state index < -0.39 is 5.60 Å². The number of likely N-dealkylation sites (tertiary alicyclic amines) is 1. The summed E-state index contributed by atoms with van der Waals surface area (Å²) in [5, 5.41) is 10.2. The van der Waals surface area contributed by atoms with Crippen molar-refractivity contribution in [3.05, 3.63) is 0 Å². The zero-order chi connectivity index (χ0) is 10.9. The maximum Gasteiger partial charge on any atom is 0.308 e. The van der Waals surface area contributed by atoms with Crippen molar-refractivity contribution in [3.8, 4) is 0 Å². The number of carbonyl (C=O) groups excluding carboxylic acids is 1. The number of β-amino-alcohol motifs (C(OH)–C–C–N with tert-alkyl or cyclic N) is 1. The Morgan fingerprint density at radius 3 is 2.93 bits per heavy atom. The van der Waals surface area contributed by atoms with E-state index in [1.807, 2.05) is 0 Å². The first-order chi connectivity index (χ1) is 7.13. The number of hydrogen-bond acceptors (Lipinski definition) is 4. The molecule has 2 fully saturated rings. The van der Waals surface area contributed by atoms with E-state index in [0.717, 1.165) is 6.54 Å². The second-order valence-electron chi connectivity index (χ2n) is 4.66. The summed E-state index contributed by atoms with van der Waals surface area (Å²) in [4.78, 5) is 13.6. The number of ether oxygens (including phenoxy) is 1. The lowest BCUT2D eigenvalue weighted by molar-refractivity contribution is -0.148. The van der Waals surface area contributed by atoms with Gasteiger partial charge in [-0.3, -0.25) is 9.69 Å². The smallest absolute Gasteiger partial charge is 0.308 e. The van der Waals surface area contributed by atoms with Gasteiger partial charge < -0.3 is 9.84 Å². The second kappa shape index (κ2) is 4.10. The molecule has 1 atom stereocenters. The van der Waals surface area contributed by atoms with Gasteiger partial charge in [-0.05, 0) is 26.2 Å². The molecule has 4 nitrogen and oxygen atoms in total. The first kappa shape index (κ1) is 10.9. The molecule has 0 aromatic heterocycles. The summed E-state index contributed by atoms with van der Waals surface area (Å²) in [6.07, 6.45) is 3.33. The molecular formula is C11H19NO3. The predicted octanol–water partition coefficient (Wildman–Crippen LogP) is 0.539. The van der Waals surface area contributed by atoms with Gasteiger partial charge in [-0.25, -0.2) is 0 Å². The minimum Gasteiger partial charge on any atom is -0.466 e. The third kappa shape index (κ3) is 2.69. The third-order valence-corrected chi connectivity index (χ3v) is 3.20. The van der Waals surface area contributed by atoms with Gasteiger partial charge >= 0.3 is 5.97 Å². The highest BCUT2D eigenvalue weighted by Gasteiger charge is 2.43. The topological polar surface area (TPSA) is 49.8 Å². The van der Waals surface area contributed by atoms with Gasteiger partial charge in [-0.15, -0.1) is 0 Å². The maximum atomic E-state index is 11.3. The molecule has 1 saturated heterocycles. The molecule has 4 heteroatoms. The van der Waals surface area contributed by atoms with E-state index in [1.165, 1.54) is 12.8 Å². The first-order valence-corrected chi connectivity index (χ1v) is 5.75. The quantitative estimate of drug-likeness (QED) is 0.692. The van der Waals surface area contributed by atoms with Crippen LogP contribution >= 0.6 is 0 Å². The Hall–Kier alpha value is -0.610. The molecule has 0 amide bonds. The van der Waals surface area contributed by atoms with Gasteiger partial charge in [0.2, 0.25) is 0 Å². The Kier molecular flexibility index (Phi) is 2.98. The normalized spacial score (nSPS) is 31.9. The number of carbonyl (C=O) groups is 1. The van der Waals surface area contributed by atoms with E-state index >= 15 is 0 Å². The van der Waals surface area contributed by atoms with Crippen LogP contribution in [0.1, 0.15) is 32.6 Å². The zero-order valence-electron chi connectivity index (χ0n) is 9.24. The lowest BCUT2D eigenvalue weighted by Crippen LogP contribution is -2.36. The minimum absolute atomic E-state index is 0.143. The molecular weight excluding hydrogens is 194 g/mol. The largest absolute Gasteiger partial charge is 0.466 e. The van der Waals surface area contributed by atoms with Crippen molar-refractivity contribution >= 4 is 5.97 Å². The number of rotatable bonds is 4. The van der Waals surface area contributed by atoms with Crippen LogP contribution in [0.2, 0.25) is 0 Å². The second-order valence-corrected chi connectivity index (χ2v) is 4.66. The number of hydrogen-bond donors (Lipinski definition) is 1. The molecule has 1 saturated carbocycles. The van der Waals surface area contributed by atoms with E-state index in [-0.39, 0.29) is 12.4 Å². The standard InChI is InChI=1S/C11H19NO3/c1-2-15-10(13)7-11(14)5-6-12(8-11)9-3-4-9/h9,14H,2-8H2,1H3. The van der Waals surface area contributed by atoms with Gasteiger partial charge in [-0.1, -0.05) is 0 Å². The summed E-state index contributed by atoms with van der Waals surface area (Å²) >= 11 is 0. The summed E-state index contributed by atoms with van der Waals surface area (Å²) in [6.45, 7) is 3.73. The average molecular weight is 213 g/mol. The van der Waals surface area contributed by atoms with E-state index in [4.69, 9.17) is 4.74 Å². The third-order valence-electron chi connectivity index (χ3n) is 3.20. The molecule has 0 aromatic rings. The van der Waals surface area contributed by atoms with Gasteiger partial charge in [-0.2, -0.15) is 0 Å². The van der Waals surface area contributed by atoms with Crippen molar-refractivity contribution in [3.63, 3.8) is 0 Å². The highest BCUT2D eigenvalue weighted by molar-refractivity contribution is 5.70. The van der Waals surface area contributed by atoms with Crippen LogP contribution in [0.4, 0.5) is 0 Å². The minimum atomic E-state index is -0.838. The summed E-state index contributed by atoms with van der Waals surface area (Å²) in [5.74, 6) is -0.280. The van der Waals surface area contributed by atoms with Crippen LogP contribution in [0.5, 0.6) is 0 Å². The van der Waals surface area contributed by atoms with Crippen molar-refractivity contribution in [1.29, 1.82) is 0 Å². The Morgan fingerprint density at radius 2 is 2.33 bits per heavy atom. The van der Waals surface area contributed by atoms with Crippen LogP contribution < -0.4 is 0 Å². The average Bonchev–Trinajstić information content (AvgIpc) is 2.92. The maximum absolute atomic E-state index is 11.3. The molecule has 86 valence electrons. The molecule has 2 rings (SSSR count). The summed E-state index contributed by atoms with van der Waals surface area (Å²) in [5.41, 5.74) is -0.838.